The summed E-state index contributed by atoms with van der Waals surface area (Å²) in [5, 5.41) is 6.75. The van der Waals surface area contributed by atoms with E-state index in [1.54, 1.807) is 6.07 Å². The van der Waals surface area contributed by atoms with E-state index in [9.17, 15) is 8.42 Å². The van der Waals surface area contributed by atoms with Crippen molar-refractivity contribution in [1.82, 2.24) is 15.2 Å². The van der Waals surface area contributed by atoms with Gasteiger partial charge in [-0.3, -0.25) is 0 Å². The van der Waals surface area contributed by atoms with Crippen LogP contribution in [0.15, 0.2) is 41.1 Å². The number of aromatic nitrogens is 1. The van der Waals surface area contributed by atoms with Gasteiger partial charge < -0.3 is 9.84 Å². The van der Waals surface area contributed by atoms with Gasteiger partial charge in [0.2, 0.25) is 10.0 Å². The van der Waals surface area contributed by atoms with E-state index in [1.807, 2.05) is 31.2 Å². The van der Waals surface area contributed by atoms with Crippen LogP contribution >= 0.6 is 0 Å². The van der Waals surface area contributed by atoms with Gasteiger partial charge in [0.15, 0.2) is 5.76 Å². The SMILES string of the molecule is CCNCc1ccc(CS(=O)(=O)NCc2ccno2)cc1. The van der Waals surface area contributed by atoms with Crippen molar-refractivity contribution in [3.8, 4) is 0 Å². The fraction of sp³-hybridized carbons (Fsp3) is 0.357. The van der Waals surface area contributed by atoms with Crippen molar-refractivity contribution in [2.24, 2.45) is 0 Å². The maximum absolute atomic E-state index is 12.0. The molecule has 0 spiro atoms. The molecule has 0 saturated carbocycles. The molecule has 1 heterocycles. The van der Waals surface area contributed by atoms with Crippen LogP contribution in [0, 0.1) is 0 Å². The summed E-state index contributed by atoms with van der Waals surface area (Å²) in [6, 6.07) is 9.16. The van der Waals surface area contributed by atoms with Gasteiger partial charge in [0.25, 0.3) is 0 Å². The van der Waals surface area contributed by atoms with E-state index in [0.717, 1.165) is 24.2 Å². The summed E-state index contributed by atoms with van der Waals surface area (Å²) in [5.41, 5.74) is 1.88. The predicted octanol–water partition coefficient (Wildman–Crippen LogP) is 1.40. The Bertz CT molecular complexity index is 637. The Hall–Kier alpha value is -1.70. The molecule has 0 fully saturated rings. The highest BCUT2D eigenvalue weighted by atomic mass is 32.2. The lowest BCUT2D eigenvalue weighted by Crippen LogP contribution is -2.24. The zero-order valence-corrected chi connectivity index (χ0v) is 12.7. The highest BCUT2D eigenvalue weighted by Crippen LogP contribution is 2.08. The number of nitrogens with one attached hydrogen (secondary N) is 2. The molecule has 0 saturated heterocycles. The van der Waals surface area contributed by atoms with Crippen LogP contribution in [-0.2, 0) is 28.9 Å². The van der Waals surface area contributed by atoms with Crippen molar-refractivity contribution >= 4 is 10.0 Å². The highest BCUT2D eigenvalue weighted by molar-refractivity contribution is 7.88. The molecule has 2 rings (SSSR count). The molecule has 0 unspecified atom stereocenters. The molecule has 2 aromatic rings. The van der Waals surface area contributed by atoms with Crippen LogP contribution in [0.5, 0.6) is 0 Å². The van der Waals surface area contributed by atoms with Crippen LogP contribution in [0.2, 0.25) is 0 Å². The number of hydrogen-bond acceptors (Lipinski definition) is 5. The summed E-state index contributed by atoms with van der Waals surface area (Å²) in [6.45, 7) is 3.84. The number of sulfonamides is 1. The number of hydrogen-bond donors (Lipinski definition) is 2. The first-order chi connectivity index (χ1) is 10.1. The summed E-state index contributed by atoms with van der Waals surface area (Å²) in [6.07, 6.45) is 1.48. The first kappa shape index (κ1) is 15.7. The lowest BCUT2D eigenvalue weighted by atomic mass is 10.1. The van der Waals surface area contributed by atoms with E-state index in [4.69, 9.17) is 4.52 Å². The topological polar surface area (TPSA) is 84.2 Å². The molecule has 6 nitrogen and oxygen atoms in total. The van der Waals surface area contributed by atoms with E-state index in [-0.39, 0.29) is 12.3 Å². The quantitative estimate of drug-likeness (QED) is 0.770. The van der Waals surface area contributed by atoms with Crippen molar-refractivity contribution in [1.29, 1.82) is 0 Å². The van der Waals surface area contributed by atoms with Gasteiger partial charge in [-0.1, -0.05) is 36.3 Å². The molecule has 0 radical (unpaired) electrons. The van der Waals surface area contributed by atoms with Gasteiger partial charge in [-0.25, -0.2) is 13.1 Å². The standard InChI is InChI=1S/C14H19N3O3S/c1-2-15-9-12-3-5-13(6-4-12)11-21(18,19)17-10-14-7-8-16-20-14/h3-8,15,17H,2,9-11H2,1H3. The minimum Gasteiger partial charge on any atom is -0.360 e. The predicted molar refractivity (Wildman–Crippen MR) is 79.8 cm³/mol. The van der Waals surface area contributed by atoms with E-state index in [2.05, 4.69) is 15.2 Å². The molecular formula is C14H19N3O3S. The van der Waals surface area contributed by atoms with Crippen LogP contribution < -0.4 is 10.0 Å². The second-order valence-electron chi connectivity index (χ2n) is 4.66. The lowest BCUT2D eigenvalue weighted by molar-refractivity contribution is 0.380. The highest BCUT2D eigenvalue weighted by Gasteiger charge is 2.12. The third-order valence-corrected chi connectivity index (χ3v) is 4.21. The lowest BCUT2D eigenvalue weighted by Gasteiger charge is -2.07. The maximum atomic E-state index is 12.0. The Morgan fingerprint density at radius 2 is 1.81 bits per heavy atom. The van der Waals surface area contributed by atoms with Crippen molar-refractivity contribution in [3.05, 3.63) is 53.4 Å². The first-order valence-electron chi connectivity index (χ1n) is 6.74. The van der Waals surface area contributed by atoms with Gasteiger partial charge in [-0.2, -0.15) is 0 Å². The Balaban J connectivity index is 1.90. The minimum atomic E-state index is -3.39. The van der Waals surface area contributed by atoms with E-state index < -0.39 is 10.0 Å². The fourth-order valence-electron chi connectivity index (χ4n) is 1.81. The largest absolute Gasteiger partial charge is 0.360 e. The molecule has 21 heavy (non-hydrogen) atoms. The monoisotopic (exact) mass is 309 g/mol. The molecule has 2 N–H and O–H groups in total. The fourth-order valence-corrected chi connectivity index (χ4v) is 2.90. The molecule has 1 aromatic heterocycles. The van der Waals surface area contributed by atoms with Gasteiger partial charge in [0.05, 0.1) is 18.5 Å². The molecule has 0 amide bonds. The van der Waals surface area contributed by atoms with Crippen molar-refractivity contribution in [2.75, 3.05) is 6.54 Å². The van der Waals surface area contributed by atoms with Crippen LogP contribution in [0.3, 0.4) is 0 Å². The molecule has 0 aliphatic carbocycles. The van der Waals surface area contributed by atoms with Crippen LogP contribution in [0.25, 0.3) is 0 Å². The van der Waals surface area contributed by atoms with E-state index in [1.165, 1.54) is 6.20 Å². The smallest absolute Gasteiger partial charge is 0.216 e. The Labute approximate surface area is 124 Å². The Morgan fingerprint density at radius 1 is 1.10 bits per heavy atom. The van der Waals surface area contributed by atoms with Crippen LogP contribution in [0.1, 0.15) is 23.8 Å². The summed E-state index contributed by atoms with van der Waals surface area (Å²) in [7, 11) is -3.39. The zero-order chi connectivity index (χ0) is 15.1. The molecule has 0 atom stereocenters. The van der Waals surface area contributed by atoms with Gasteiger partial charge in [-0.05, 0) is 17.7 Å². The zero-order valence-electron chi connectivity index (χ0n) is 11.9. The molecule has 0 aliphatic rings. The first-order valence-corrected chi connectivity index (χ1v) is 8.40. The van der Waals surface area contributed by atoms with Crippen LogP contribution in [-0.4, -0.2) is 20.1 Å². The van der Waals surface area contributed by atoms with Gasteiger partial charge in [-0.15, -0.1) is 0 Å². The van der Waals surface area contributed by atoms with Gasteiger partial charge in [0.1, 0.15) is 0 Å². The van der Waals surface area contributed by atoms with Crippen LogP contribution in [0.4, 0.5) is 0 Å². The second kappa shape index (κ2) is 7.35. The van der Waals surface area contributed by atoms with Gasteiger partial charge in [0, 0.05) is 12.6 Å². The number of rotatable bonds is 8. The molecule has 0 bridgehead atoms. The average molecular weight is 309 g/mol. The molecule has 0 aliphatic heterocycles. The third kappa shape index (κ3) is 5.30. The normalized spacial score (nSPS) is 11.7. The number of nitrogens with zero attached hydrogens (tertiary/aromatic N) is 1. The maximum Gasteiger partial charge on any atom is 0.216 e. The number of benzene rings is 1. The average Bonchev–Trinajstić information content (AvgIpc) is 2.98. The van der Waals surface area contributed by atoms with Gasteiger partial charge >= 0.3 is 0 Å². The summed E-state index contributed by atoms with van der Waals surface area (Å²) in [4.78, 5) is 0. The van der Waals surface area contributed by atoms with Crippen molar-refractivity contribution in [2.45, 2.75) is 25.8 Å². The molecular weight excluding hydrogens is 290 g/mol. The minimum absolute atomic E-state index is 0.0530. The molecule has 114 valence electrons. The van der Waals surface area contributed by atoms with Crippen molar-refractivity contribution in [3.63, 3.8) is 0 Å². The molecule has 1 aromatic carbocycles. The summed E-state index contributed by atoms with van der Waals surface area (Å²) < 4.78 is 31.3. The van der Waals surface area contributed by atoms with E-state index in [0.29, 0.717) is 5.76 Å². The summed E-state index contributed by atoms with van der Waals surface area (Å²) in [5.74, 6) is 0.433. The Morgan fingerprint density at radius 3 is 2.43 bits per heavy atom. The summed E-state index contributed by atoms with van der Waals surface area (Å²) >= 11 is 0. The molecule has 7 heteroatoms. The Kier molecular flexibility index (Phi) is 5.49. The van der Waals surface area contributed by atoms with Crippen molar-refractivity contribution < 1.29 is 12.9 Å². The van der Waals surface area contributed by atoms with E-state index >= 15 is 0 Å². The second-order valence-corrected chi connectivity index (χ2v) is 6.46. The third-order valence-electron chi connectivity index (χ3n) is 2.92.